The number of benzene rings is 1. The van der Waals surface area contributed by atoms with Gasteiger partial charge in [-0.3, -0.25) is 4.79 Å². The third kappa shape index (κ3) is 3.22. The van der Waals surface area contributed by atoms with Crippen LogP contribution in [-0.4, -0.2) is 12.5 Å². The zero-order valence-corrected chi connectivity index (χ0v) is 10.5. The summed E-state index contributed by atoms with van der Waals surface area (Å²) in [6.45, 7) is 5.08. The van der Waals surface area contributed by atoms with Crippen LogP contribution >= 0.6 is 0 Å². The summed E-state index contributed by atoms with van der Waals surface area (Å²) in [6, 6.07) is 5.95. The van der Waals surface area contributed by atoms with Gasteiger partial charge in [-0.2, -0.15) is 0 Å². The number of hydrogen-bond acceptors (Lipinski definition) is 2. The lowest BCUT2D eigenvalue weighted by Gasteiger charge is -2.18. The van der Waals surface area contributed by atoms with Crippen LogP contribution < -0.4 is 10.1 Å². The molecule has 0 atom stereocenters. The summed E-state index contributed by atoms with van der Waals surface area (Å²) >= 11 is 0. The molecule has 0 fully saturated rings. The minimum Gasteiger partial charge on any atom is -0.494 e. The summed E-state index contributed by atoms with van der Waals surface area (Å²) in [6.07, 6.45) is 2.46. The fourth-order valence-corrected chi connectivity index (χ4v) is 1.85. The van der Waals surface area contributed by atoms with Crippen molar-refractivity contribution in [2.24, 2.45) is 5.92 Å². The lowest BCUT2D eigenvalue weighted by Crippen LogP contribution is -2.18. The molecular formula is C14H19NO2. The largest absolute Gasteiger partial charge is 0.494 e. The molecule has 1 heterocycles. The van der Waals surface area contributed by atoms with Crippen molar-refractivity contribution < 1.29 is 9.53 Å². The first-order chi connectivity index (χ1) is 8.15. The van der Waals surface area contributed by atoms with Gasteiger partial charge in [0.2, 0.25) is 5.91 Å². The zero-order valence-electron chi connectivity index (χ0n) is 10.5. The Labute approximate surface area is 102 Å². The smallest absolute Gasteiger partial charge is 0.224 e. The lowest BCUT2D eigenvalue weighted by atomic mass is 10.0. The normalized spacial score (nSPS) is 14.4. The van der Waals surface area contributed by atoms with Crippen molar-refractivity contribution >= 4 is 11.6 Å². The fraction of sp³-hybridized carbons (Fsp3) is 0.500. The van der Waals surface area contributed by atoms with E-state index in [1.807, 2.05) is 18.2 Å². The van der Waals surface area contributed by atoms with Gasteiger partial charge in [0.05, 0.1) is 6.61 Å². The second-order valence-corrected chi connectivity index (χ2v) is 4.90. The highest BCUT2D eigenvalue weighted by Crippen LogP contribution is 2.27. The Morgan fingerprint density at radius 1 is 1.35 bits per heavy atom. The molecule has 0 aliphatic carbocycles. The van der Waals surface area contributed by atoms with Crippen molar-refractivity contribution in [2.45, 2.75) is 33.1 Å². The lowest BCUT2D eigenvalue weighted by molar-refractivity contribution is -0.116. The predicted octanol–water partition coefficient (Wildman–Crippen LogP) is 3.00. The predicted molar refractivity (Wildman–Crippen MR) is 68.3 cm³/mol. The van der Waals surface area contributed by atoms with E-state index in [2.05, 4.69) is 19.2 Å². The van der Waals surface area contributed by atoms with E-state index in [1.165, 1.54) is 5.56 Å². The van der Waals surface area contributed by atoms with E-state index in [4.69, 9.17) is 4.74 Å². The van der Waals surface area contributed by atoms with Crippen LogP contribution in [0.15, 0.2) is 18.2 Å². The summed E-state index contributed by atoms with van der Waals surface area (Å²) in [5, 5.41) is 2.88. The maximum atomic E-state index is 11.3. The van der Waals surface area contributed by atoms with Gasteiger partial charge in [-0.15, -0.1) is 0 Å². The van der Waals surface area contributed by atoms with Crippen LogP contribution in [0.2, 0.25) is 0 Å². The highest BCUT2D eigenvalue weighted by atomic mass is 16.5. The van der Waals surface area contributed by atoms with Crippen molar-refractivity contribution in [3.8, 4) is 5.75 Å². The number of anilines is 1. The number of carbonyl (C=O) groups excluding carboxylic acids is 1. The second-order valence-electron chi connectivity index (χ2n) is 4.90. The molecule has 2 rings (SSSR count). The van der Waals surface area contributed by atoms with Crippen molar-refractivity contribution in [3.05, 3.63) is 23.8 Å². The molecule has 17 heavy (non-hydrogen) atoms. The van der Waals surface area contributed by atoms with E-state index < -0.39 is 0 Å². The van der Waals surface area contributed by atoms with E-state index in [9.17, 15) is 4.79 Å². The fourth-order valence-electron chi connectivity index (χ4n) is 1.85. The van der Waals surface area contributed by atoms with Crippen molar-refractivity contribution in [1.29, 1.82) is 0 Å². The zero-order chi connectivity index (χ0) is 12.3. The monoisotopic (exact) mass is 233 g/mol. The van der Waals surface area contributed by atoms with Crippen LogP contribution in [0.5, 0.6) is 5.75 Å². The van der Waals surface area contributed by atoms with Crippen molar-refractivity contribution in [1.82, 2.24) is 0 Å². The number of carbonyl (C=O) groups is 1. The molecule has 0 saturated carbocycles. The van der Waals surface area contributed by atoms with Gasteiger partial charge in [-0.1, -0.05) is 19.9 Å². The van der Waals surface area contributed by atoms with Crippen LogP contribution in [0.1, 0.15) is 32.3 Å². The number of nitrogens with one attached hydrogen (secondary N) is 1. The molecule has 1 N–H and O–H groups in total. The quantitative estimate of drug-likeness (QED) is 0.868. The summed E-state index contributed by atoms with van der Waals surface area (Å²) < 4.78 is 5.67. The summed E-state index contributed by atoms with van der Waals surface area (Å²) in [5.41, 5.74) is 2.10. The van der Waals surface area contributed by atoms with Gasteiger partial charge in [0.15, 0.2) is 0 Å². The molecule has 92 valence electrons. The Hall–Kier alpha value is -1.51. The van der Waals surface area contributed by atoms with Crippen LogP contribution in [0.4, 0.5) is 5.69 Å². The van der Waals surface area contributed by atoms with Gasteiger partial charge < -0.3 is 10.1 Å². The first kappa shape index (κ1) is 12.0. The number of hydrogen-bond donors (Lipinski definition) is 1. The molecule has 3 heteroatoms. The topological polar surface area (TPSA) is 38.3 Å². The Morgan fingerprint density at radius 2 is 2.18 bits per heavy atom. The van der Waals surface area contributed by atoms with Gasteiger partial charge in [0.25, 0.3) is 0 Å². The third-order valence-corrected chi connectivity index (χ3v) is 2.94. The van der Waals surface area contributed by atoms with Crippen molar-refractivity contribution in [3.63, 3.8) is 0 Å². The first-order valence-electron chi connectivity index (χ1n) is 6.21. The number of ether oxygens (including phenoxy) is 1. The second kappa shape index (κ2) is 5.21. The van der Waals surface area contributed by atoms with Crippen LogP contribution in [0, 0.1) is 5.92 Å². The van der Waals surface area contributed by atoms with Gasteiger partial charge in [-0.05, 0) is 30.4 Å². The van der Waals surface area contributed by atoms with E-state index in [0.717, 1.165) is 30.9 Å². The minimum atomic E-state index is 0.0943. The molecule has 1 aromatic rings. The first-order valence-corrected chi connectivity index (χ1v) is 6.21. The summed E-state index contributed by atoms with van der Waals surface area (Å²) in [7, 11) is 0. The maximum Gasteiger partial charge on any atom is 0.224 e. The van der Waals surface area contributed by atoms with Crippen LogP contribution in [0.3, 0.4) is 0 Å². The Bertz CT molecular complexity index is 413. The standard InChI is InChI=1S/C14H19NO2/c1-10(2)7-8-17-12-5-3-11-4-6-14(16)15-13(11)9-12/h3,5,9-10H,4,6-8H2,1-2H3,(H,15,16). The van der Waals surface area contributed by atoms with Gasteiger partial charge >= 0.3 is 0 Å². The molecule has 3 nitrogen and oxygen atoms in total. The molecule has 1 aromatic carbocycles. The molecule has 0 radical (unpaired) electrons. The Morgan fingerprint density at radius 3 is 2.94 bits per heavy atom. The maximum absolute atomic E-state index is 11.3. The molecule has 0 spiro atoms. The van der Waals surface area contributed by atoms with E-state index in [0.29, 0.717) is 12.3 Å². The molecule has 0 unspecified atom stereocenters. The van der Waals surface area contributed by atoms with Crippen molar-refractivity contribution in [2.75, 3.05) is 11.9 Å². The average molecular weight is 233 g/mol. The molecule has 0 bridgehead atoms. The van der Waals surface area contributed by atoms with E-state index >= 15 is 0 Å². The molecule has 0 aromatic heterocycles. The molecule has 1 amide bonds. The number of rotatable bonds is 4. The van der Waals surface area contributed by atoms with Gasteiger partial charge in [0, 0.05) is 18.2 Å². The SMILES string of the molecule is CC(C)CCOc1ccc2c(c1)NC(=O)CC2. The van der Waals surface area contributed by atoms with E-state index in [1.54, 1.807) is 0 Å². The number of fused-ring (bicyclic) bond motifs is 1. The van der Waals surface area contributed by atoms with Gasteiger partial charge in [0.1, 0.15) is 5.75 Å². The Kier molecular flexibility index (Phi) is 3.67. The molecule has 1 aliphatic heterocycles. The summed E-state index contributed by atoms with van der Waals surface area (Å²) in [4.78, 5) is 11.3. The van der Waals surface area contributed by atoms with Crippen LogP contribution in [0.25, 0.3) is 0 Å². The number of aryl methyl sites for hydroxylation is 1. The number of amides is 1. The third-order valence-electron chi connectivity index (χ3n) is 2.94. The van der Waals surface area contributed by atoms with E-state index in [-0.39, 0.29) is 5.91 Å². The summed E-state index contributed by atoms with van der Waals surface area (Å²) in [5.74, 6) is 1.58. The molecular weight excluding hydrogens is 214 g/mol. The minimum absolute atomic E-state index is 0.0943. The van der Waals surface area contributed by atoms with Crippen LogP contribution in [-0.2, 0) is 11.2 Å². The Balaban J connectivity index is 2.00. The molecule has 1 aliphatic rings. The molecule has 0 saturated heterocycles. The highest BCUT2D eigenvalue weighted by Gasteiger charge is 2.14. The highest BCUT2D eigenvalue weighted by molar-refractivity contribution is 5.94. The van der Waals surface area contributed by atoms with Gasteiger partial charge in [-0.25, -0.2) is 0 Å². The average Bonchev–Trinajstić information content (AvgIpc) is 2.28.